The van der Waals surface area contributed by atoms with Crippen molar-refractivity contribution >= 4 is 22.5 Å². The minimum absolute atomic E-state index is 0.197. The van der Waals surface area contributed by atoms with Gasteiger partial charge in [0.1, 0.15) is 0 Å². The second-order valence-electron chi connectivity index (χ2n) is 4.79. The average Bonchev–Trinajstić information content (AvgIpc) is 3.12. The lowest BCUT2D eigenvalue weighted by Crippen LogP contribution is -2.25. The summed E-state index contributed by atoms with van der Waals surface area (Å²) < 4.78 is 1.97. The Morgan fingerprint density at radius 2 is 2.33 bits per heavy atom. The Kier molecular flexibility index (Phi) is 3.55. The number of benzene rings is 1. The molecule has 2 heterocycles. The molecule has 2 aromatic heterocycles. The summed E-state index contributed by atoms with van der Waals surface area (Å²) in [6.45, 7) is 1.39. The highest BCUT2D eigenvalue weighted by Gasteiger charge is 2.13. The smallest absolute Gasteiger partial charge is 0.272 e. The Balaban J connectivity index is 1.60. The molecule has 0 aliphatic carbocycles. The number of rotatable bonds is 5. The summed E-state index contributed by atoms with van der Waals surface area (Å²) in [6.07, 6.45) is 6.21. The maximum Gasteiger partial charge on any atom is 0.272 e. The first-order chi connectivity index (χ1) is 10.2. The number of aryl methyl sites for hydroxylation is 1. The Bertz CT molecular complexity index is 746. The highest BCUT2D eigenvalue weighted by atomic mass is 16.1. The lowest BCUT2D eigenvalue weighted by atomic mass is 10.2. The molecular formula is C14H16N6O. The first-order valence-corrected chi connectivity index (χ1v) is 6.71. The van der Waals surface area contributed by atoms with Crippen LogP contribution in [0.25, 0.3) is 10.9 Å². The molecule has 0 spiro atoms. The number of fused-ring (bicyclic) bond motifs is 1. The fourth-order valence-electron chi connectivity index (χ4n) is 2.17. The summed E-state index contributed by atoms with van der Waals surface area (Å²) >= 11 is 0. The fourth-order valence-corrected chi connectivity index (χ4v) is 2.17. The molecule has 7 nitrogen and oxygen atoms in total. The Morgan fingerprint density at radius 3 is 3.14 bits per heavy atom. The SMILES string of the molecule is Nc1ccc2[nH]nc(C(=O)NCCCn3ccnc3)c2c1. The molecule has 7 heteroatoms. The molecule has 0 radical (unpaired) electrons. The van der Waals surface area contributed by atoms with Crippen molar-refractivity contribution in [2.45, 2.75) is 13.0 Å². The van der Waals surface area contributed by atoms with Crippen LogP contribution in [0, 0.1) is 0 Å². The zero-order valence-corrected chi connectivity index (χ0v) is 11.4. The molecule has 108 valence electrons. The van der Waals surface area contributed by atoms with Crippen molar-refractivity contribution in [3.63, 3.8) is 0 Å². The van der Waals surface area contributed by atoms with E-state index in [1.807, 2.05) is 16.8 Å². The largest absolute Gasteiger partial charge is 0.399 e. The van der Waals surface area contributed by atoms with Crippen molar-refractivity contribution in [2.75, 3.05) is 12.3 Å². The van der Waals surface area contributed by atoms with Gasteiger partial charge in [0.05, 0.1) is 11.8 Å². The molecule has 1 aromatic carbocycles. The number of amides is 1. The zero-order valence-electron chi connectivity index (χ0n) is 11.4. The van der Waals surface area contributed by atoms with Gasteiger partial charge < -0.3 is 15.6 Å². The zero-order chi connectivity index (χ0) is 14.7. The van der Waals surface area contributed by atoms with Gasteiger partial charge >= 0.3 is 0 Å². The fraction of sp³-hybridized carbons (Fsp3) is 0.214. The third kappa shape index (κ3) is 2.86. The van der Waals surface area contributed by atoms with Gasteiger partial charge in [0.2, 0.25) is 0 Å². The Morgan fingerprint density at radius 1 is 1.43 bits per heavy atom. The number of nitrogens with one attached hydrogen (secondary N) is 2. The number of anilines is 1. The predicted molar refractivity (Wildman–Crippen MR) is 79.7 cm³/mol. The normalized spacial score (nSPS) is 10.9. The molecule has 4 N–H and O–H groups in total. The summed E-state index contributed by atoms with van der Waals surface area (Å²) in [7, 11) is 0. The van der Waals surface area contributed by atoms with Crippen LogP contribution in [-0.4, -0.2) is 32.2 Å². The van der Waals surface area contributed by atoms with Crippen LogP contribution in [0.2, 0.25) is 0 Å². The minimum atomic E-state index is -0.197. The molecule has 0 aliphatic heterocycles. The number of nitrogen functional groups attached to an aromatic ring is 1. The van der Waals surface area contributed by atoms with E-state index in [1.54, 1.807) is 24.7 Å². The third-order valence-electron chi connectivity index (χ3n) is 3.24. The van der Waals surface area contributed by atoms with Crippen LogP contribution in [-0.2, 0) is 6.54 Å². The summed E-state index contributed by atoms with van der Waals surface area (Å²) in [5, 5.41) is 10.5. The number of hydrogen-bond acceptors (Lipinski definition) is 4. The predicted octanol–water partition coefficient (Wildman–Crippen LogP) is 1.16. The minimum Gasteiger partial charge on any atom is -0.399 e. The average molecular weight is 284 g/mol. The van der Waals surface area contributed by atoms with E-state index in [4.69, 9.17) is 5.73 Å². The summed E-state index contributed by atoms with van der Waals surface area (Å²) in [5.41, 5.74) is 7.53. The van der Waals surface area contributed by atoms with Gasteiger partial charge in [0.15, 0.2) is 5.69 Å². The van der Waals surface area contributed by atoms with Crippen molar-refractivity contribution in [3.05, 3.63) is 42.6 Å². The molecule has 0 unspecified atom stereocenters. The molecule has 0 saturated heterocycles. The third-order valence-corrected chi connectivity index (χ3v) is 3.24. The number of nitrogens with zero attached hydrogens (tertiary/aromatic N) is 3. The number of nitrogens with two attached hydrogens (primary N) is 1. The number of carbonyl (C=O) groups excluding carboxylic acids is 1. The maximum absolute atomic E-state index is 12.1. The van der Waals surface area contributed by atoms with Crippen LogP contribution in [0.3, 0.4) is 0 Å². The van der Waals surface area contributed by atoms with E-state index in [0.717, 1.165) is 23.9 Å². The van der Waals surface area contributed by atoms with E-state index in [9.17, 15) is 4.79 Å². The summed E-state index contributed by atoms with van der Waals surface area (Å²) in [4.78, 5) is 16.1. The number of aromatic nitrogens is 4. The van der Waals surface area contributed by atoms with E-state index >= 15 is 0 Å². The Labute approximate surface area is 121 Å². The molecule has 0 atom stereocenters. The van der Waals surface area contributed by atoms with Crippen molar-refractivity contribution < 1.29 is 4.79 Å². The number of H-pyrrole nitrogens is 1. The van der Waals surface area contributed by atoms with Gasteiger partial charge in [-0.2, -0.15) is 5.10 Å². The van der Waals surface area contributed by atoms with Crippen LogP contribution in [0.15, 0.2) is 36.9 Å². The molecule has 1 amide bonds. The van der Waals surface area contributed by atoms with Gasteiger partial charge in [-0.3, -0.25) is 9.89 Å². The van der Waals surface area contributed by atoms with Gasteiger partial charge in [-0.15, -0.1) is 0 Å². The molecule has 0 saturated carbocycles. The lowest BCUT2D eigenvalue weighted by molar-refractivity contribution is 0.0949. The van der Waals surface area contributed by atoms with Crippen LogP contribution in [0.1, 0.15) is 16.9 Å². The summed E-state index contributed by atoms with van der Waals surface area (Å²) in [6, 6.07) is 5.33. The number of imidazole rings is 1. The summed E-state index contributed by atoms with van der Waals surface area (Å²) in [5.74, 6) is -0.197. The number of hydrogen-bond donors (Lipinski definition) is 3. The van der Waals surface area contributed by atoms with Gasteiger partial charge in [-0.05, 0) is 24.6 Å². The van der Waals surface area contributed by atoms with Gasteiger partial charge in [0.25, 0.3) is 5.91 Å². The monoisotopic (exact) mass is 284 g/mol. The Hall–Kier alpha value is -2.83. The second-order valence-corrected chi connectivity index (χ2v) is 4.79. The lowest BCUT2D eigenvalue weighted by Gasteiger charge is -2.04. The standard InChI is InChI=1S/C14H16N6O/c15-10-2-3-12-11(8-10)13(19-18-12)14(21)17-4-1-6-20-7-5-16-9-20/h2-3,5,7-9H,1,4,6,15H2,(H,17,21)(H,18,19). The van der Waals surface area contributed by atoms with Crippen LogP contribution in [0.4, 0.5) is 5.69 Å². The molecule has 3 rings (SSSR count). The first-order valence-electron chi connectivity index (χ1n) is 6.71. The van der Waals surface area contributed by atoms with Crippen molar-refractivity contribution in [3.8, 4) is 0 Å². The van der Waals surface area contributed by atoms with Crippen LogP contribution >= 0.6 is 0 Å². The van der Waals surface area contributed by atoms with Crippen molar-refractivity contribution in [2.24, 2.45) is 0 Å². The number of aromatic amines is 1. The first kappa shape index (κ1) is 13.2. The van der Waals surface area contributed by atoms with E-state index in [1.165, 1.54) is 0 Å². The molecule has 21 heavy (non-hydrogen) atoms. The quantitative estimate of drug-likeness (QED) is 0.483. The van der Waals surface area contributed by atoms with E-state index in [-0.39, 0.29) is 5.91 Å². The highest BCUT2D eigenvalue weighted by Crippen LogP contribution is 2.18. The van der Waals surface area contributed by atoms with Crippen molar-refractivity contribution in [1.29, 1.82) is 0 Å². The van der Waals surface area contributed by atoms with Gasteiger partial charge in [-0.25, -0.2) is 4.98 Å². The van der Waals surface area contributed by atoms with Gasteiger partial charge in [0, 0.05) is 36.6 Å². The topological polar surface area (TPSA) is 102 Å². The van der Waals surface area contributed by atoms with Gasteiger partial charge in [-0.1, -0.05) is 0 Å². The highest BCUT2D eigenvalue weighted by molar-refractivity contribution is 6.05. The van der Waals surface area contributed by atoms with Crippen molar-refractivity contribution in [1.82, 2.24) is 25.1 Å². The molecule has 0 aliphatic rings. The molecular weight excluding hydrogens is 268 g/mol. The molecule has 3 aromatic rings. The maximum atomic E-state index is 12.1. The molecule has 0 bridgehead atoms. The second kappa shape index (κ2) is 5.66. The van der Waals surface area contributed by atoms with E-state index < -0.39 is 0 Å². The number of carbonyl (C=O) groups is 1. The van der Waals surface area contributed by atoms with E-state index in [0.29, 0.717) is 17.9 Å². The molecule has 0 fully saturated rings. The van der Waals surface area contributed by atoms with Crippen LogP contribution < -0.4 is 11.1 Å². The van der Waals surface area contributed by atoms with E-state index in [2.05, 4.69) is 20.5 Å². The van der Waals surface area contributed by atoms with Crippen LogP contribution in [0.5, 0.6) is 0 Å².